The summed E-state index contributed by atoms with van der Waals surface area (Å²) in [5.74, 6) is -1.48. The van der Waals surface area contributed by atoms with Crippen LogP contribution >= 0.6 is 0 Å². The van der Waals surface area contributed by atoms with Gasteiger partial charge in [-0.3, -0.25) is 4.79 Å². The van der Waals surface area contributed by atoms with E-state index in [2.05, 4.69) is 0 Å². The lowest BCUT2D eigenvalue weighted by Crippen LogP contribution is -2.50. The van der Waals surface area contributed by atoms with Crippen molar-refractivity contribution in [3.05, 3.63) is 29.8 Å². The Morgan fingerprint density at radius 2 is 1.77 bits per heavy atom. The molecule has 0 aromatic heterocycles. The van der Waals surface area contributed by atoms with E-state index < -0.39 is 27.4 Å². The molecule has 1 aromatic rings. The molecule has 0 saturated carbocycles. The Morgan fingerprint density at radius 3 is 2.42 bits per heavy atom. The largest absolute Gasteiger partial charge is 0.480 e. The molecule has 2 aliphatic rings. The number of rotatable bonds is 4. The molecule has 1 atom stereocenters. The van der Waals surface area contributed by atoms with Crippen molar-refractivity contribution in [3.8, 4) is 0 Å². The summed E-state index contributed by atoms with van der Waals surface area (Å²) in [6.45, 7) is 2.87. The van der Waals surface area contributed by atoms with Crippen molar-refractivity contribution in [1.29, 1.82) is 0 Å². The predicted octanol–water partition coefficient (Wildman–Crippen LogP) is 1.94. The van der Waals surface area contributed by atoms with Crippen LogP contribution in [0.3, 0.4) is 0 Å². The lowest BCUT2D eigenvalue weighted by atomic mass is 9.98. The van der Waals surface area contributed by atoms with Gasteiger partial charge >= 0.3 is 5.97 Å². The third-order valence-electron chi connectivity index (χ3n) is 5.38. The van der Waals surface area contributed by atoms with Gasteiger partial charge in [-0.05, 0) is 50.8 Å². The van der Waals surface area contributed by atoms with Crippen LogP contribution in [-0.4, -0.2) is 59.8 Å². The predicted molar refractivity (Wildman–Crippen MR) is 95.4 cm³/mol. The number of carbonyl (C=O) groups excluding carboxylic acids is 1. The van der Waals surface area contributed by atoms with E-state index in [4.69, 9.17) is 0 Å². The number of aliphatic carboxylic acids is 1. The fourth-order valence-corrected chi connectivity index (χ4v) is 5.27. The van der Waals surface area contributed by atoms with Gasteiger partial charge in [0.2, 0.25) is 10.0 Å². The second kappa shape index (κ2) is 7.00. The first kappa shape index (κ1) is 18.8. The third kappa shape index (κ3) is 3.23. The minimum absolute atomic E-state index is 0.0847. The molecule has 142 valence electrons. The molecule has 1 aromatic carbocycles. The van der Waals surface area contributed by atoms with Crippen molar-refractivity contribution in [1.82, 2.24) is 9.21 Å². The zero-order valence-corrected chi connectivity index (χ0v) is 15.7. The first-order valence-corrected chi connectivity index (χ1v) is 10.4. The quantitative estimate of drug-likeness (QED) is 0.861. The maximum absolute atomic E-state index is 12.9. The maximum Gasteiger partial charge on any atom is 0.329 e. The fourth-order valence-electron chi connectivity index (χ4n) is 3.71. The van der Waals surface area contributed by atoms with Crippen LogP contribution in [0.15, 0.2) is 29.2 Å². The maximum atomic E-state index is 12.9. The van der Waals surface area contributed by atoms with Gasteiger partial charge in [0, 0.05) is 25.2 Å². The van der Waals surface area contributed by atoms with E-state index in [1.165, 1.54) is 40.4 Å². The van der Waals surface area contributed by atoms with Gasteiger partial charge in [0.15, 0.2) is 0 Å². The molecule has 26 heavy (non-hydrogen) atoms. The number of carboxylic acids is 1. The van der Waals surface area contributed by atoms with Gasteiger partial charge in [-0.25, -0.2) is 13.2 Å². The standard InChI is InChI=1S/C18H24N2O5S/c1-18(17(22)23)9-6-12-20(18)16(21)14-7-5-8-15(13-14)26(24,25)19-10-3-2-4-11-19/h5,7-8,13H,2-4,6,9-12H2,1H3,(H,22,23). The van der Waals surface area contributed by atoms with E-state index in [-0.39, 0.29) is 10.5 Å². The second-order valence-electron chi connectivity index (χ2n) is 7.13. The van der Waals surface area contributed by atoms with E-state index in [0.717, 1.165) is 19.3 Å². The second-order valence-corrected chi connectivity index (χ2v) is 9.07. The van der Waals surface area contributed by atoms with Crippen LogP contribution in [0.5, 0.6) is 0 Å². The number of piperidine rings is 1. The van der Waals surface area contributed by atoms with Crippen molar-refractivity contribution in [2.75, 3.05) is 19.6 Å². The first-order valence-electron chi connectivity index (χ1n) is 8.92. The molecule has 8 heteroatoms. The Hall–Kier alpha value is -1.93. The molecule has 1 N–H and O–H groups in total. The molecule has 1 amide bonds. The number of carbonyl (C=O) groups is 2. The Balaban J connectivity index is 1.90. The molecule has 3 rings (SSSR count). The van der Waals surface area contributed by atoms with Crippen molar-refractivity contribution >= 4 is 21.9 Å². The van der Waals surface area contributed by atoms with Gasteiger partial charge in [-0.2, -0.15) is 4.31 Å². The molecule has 2 saturated heterocycles. The Kier molecular flexibility index (Phi) is 5.07. The number of carboxylic acid groups (broad SMARTS) is 1. The van der Waals surface area contributed by atoms with Crippen LogP contribution in [0.2, 0.25) is 0 Å². The molecule has 1 unspecified atom stereocenters. The van der Waals surface area contributed by atoms with Gasteiger partial charge in [0.25, 0.3) is 5.91 Å². The van der Waals surface area contributed by atoms with Crippen molar-refractivity contribution in [2.45, 2.75) is 49.5 Å². The molecule has 0 bridgehead atoms. The van der Waals surface area contributed by atoms with Gasteiger partial charge < -0.3 is 10.0 Å². The number of nitrogens with zero attached hydrogens (tertiary/aromatic N) is 2. The monoisotopic (exact) mass is 380 g/mol. The number of sulfonamides is 1. The number of hydrogen-bond donors (Lipinski definition) is 1. The molecule has 2 fully saturated rings. The average Bonchev–Trinajstić information content (AvgIpc) is 3.05. The van der Waals surface area contributed by atoms with Crippen LogP contribution in [0.4, 0.5) is 0 Å². The Bertz CT molecular complexity index is 817. The summed E-state index contributed by atoms with van der Waals surface area (Å²) >= 11 is 0. The summed E-state index contributed by atoms with van der Waals surface area (Å²) in [6.07, 6.45) is 3.69. The normalized spacial score (nSPS) is 24.6. The van der Waals surface area contributed by atoms with Gasteiger partial charge in [0.1, 0.15) is 5.54 Å². The van der Waals surface area contributed by atoms with Crippen molar-refractivity contribution < 1.29 is 23.1 Å². The van der Waals surface area contributed by atoms with Gasteiger partial charge in [-0.1, -0.05) is 12.5 Å². The molecule has 0 spiro atoms. The Morgan fingerprint density at radius 1 is 1.08 bits per heavy atom. The number of hydrogen-bond acceptors (Lipinski definition) is 4. The molecular weight excluding hydrogens is 356 g/mol. The highest BCUT2D eigenvalue weighted by molar-refractivity contribution is 7.89. The first-order chi connectivity index (χ1) is 12.3. The fraction of sp³-hybridized carbons (Fsp3) is 0.556. The highest BCUT2D eigenvalue weighted by Crippen LogP contribution is 2.31. The summed E-state index contributed by atoms with van der Waals surface area (Å²) in [7, 11) is -3.64. The molecule has 0 radical (unpaired) electrons. The van der Waals surface area contributed by atoms with E-state index in [9.17, 15) is 23.1 Å². The molecule has 2 aliphatic heterocycles. The van der Waals surface area contributed by atoms with E-state index in [1.54, 1.807) is 0 Å². The minimum atomic E-state index is -3.64. The molecule has 2 heterocycles. The summed E-state index contributed by atoms with van der Waals surface area (Å²) in [4.78, 5) is 25.9. The molecular formula is C18H24N2O5S. The molecule has 0 aliphatic carbocycles. The summed E-state index contributed by atoms with van der Waals surface area (Å²) in [5.41, 5.74) is -1.05. The van der Waals surface area contributed by atoms with Crippen LogP contribution < -0.4 is 0 Å². The summed E-state index contributed by atoms with van der Waals surface area (Å²) in [6, 6.07) is 5.93. The topological polar surface area (TPSA) is 95.0 Å². The van der Waals surface area contributed by atoms with Crippen LogP contribution in [0.25, 0.3) is 0 Å². The number of likely N-dealkylation sites (tertiary alicyclic amines) is 1. The average molecular weight is 380 g/mol. The number of amides is 1. The van der Waals surface area contributed by atoms with Gasteiger partial charge in [0.05, 0.1) is 4.90 Å². The lowest BCUT2D eigenvalue weighted by molar-refractivity contribution is -0.147. The highest BCUT2D eigenvalue weighted by atomic mass is 32.2. The summed E-state index contributed by atoms with van der Waals surface area (Å²) < 4.78 is 27.1. The van der Waals surface area contributed by atoms with Crippen LogP contribution in [0, 0.1) is 0 Å². The van der Waals surface area contributed by atoms with E-state index in [0.29, 0.717) is 32.5 Å². The molecule has 7 nitrogen and oxygen atoms in total. The summed E-state index contributed by atoms with van der Waals surface area (Å²) in [5, 5.41) is 9.50. The van der Waals surface area contributed by atoms with E-state index >= 15 is 0 Å². The number of benzene rings is 1. The van der Waals surface area contributed by atoms with Crippen molar-refractivity contribution in [3.63, 3.8) is 0 Å². The van der Waals surface area contributed by atoms with Crippen LogP contribution in [0.1, 0.15) is 49.4 Å². The van der Waals surface area contributed by atoms with Crippen molar-refractivity contribution in [2.24, 2.45) is 0 Å². The Labute approximate surface area is 153 Å². The smallest absolute Gasteiger partial charge is 0.329 e. The zero-order chi connectivity index (χ0) is 18.9. The lowest BCUT2D eigenvalue weighted by Gasteiger charge is -2.31. The third-order valence-corrected chi connectivity index (χ3v) is 7.28. The minimum Gasteiger partial charge on any atom is -0.480 e. The van der Waals surface area contributed by atoms with E-state index in [1.807, 2.05) is 0 Å². The van der Waals surface area contributed by atoms with Gasteiger partial charge in [-0.15, -0.1) is 0 Å². The SMILES string of the molecule is CC1(C(=O)O)CCCN1C(=O)c1cccc(S(=O)(=O)N2CCCCC2)c1. The van der Waals surface area contributed by atoms with Crippen LogP contribution in [-0.2, 0) is 14.8 Å². The zero-order valence-electron chi connectivity index (χ0n) is 14.8. The highest BCUT2D eigenvalue weighted by Gasteiger charge is 2.46.